The second-order valence-corrected chi connectivity index (χ2v) is 6.57. The first-order valence-electron chi connectivity index (χ1n) is 6.10. The molecule has 2 aromatic rings. The van der Waals surface area contributed by atoms with Crippen molar-refractivity contribution < 1.29 is 9.18 Å². The van der Waals surface area contributed by atoms with Gasteiger partial charge in [0.15, 0.2) is 11.6 Å². The summed E-state index contributed by atoms with van der Waals surface area (Å²) >= 11 is 1.25. The molecule has 0 bridgehead atoms. The van der Waals surface area contributed by atoms with E-state index in [1.54, 1.807) is 6.07 Å². The maximum Gasteiger partial charge on any atom is 0.175 e. The monoisotopic (exact) mass is 276 g/mol. The van der Waals surface area contributed by atoms with Crippen molar-refractivity contribution in [3.05, 3.63) is 34.7 Å². The fourth-order valence-corrected chi connectivity index (χ4v) is 3.38. The van der Waals surface area contributed by atoms with Gasteiger partial charge in [-0.1, -0.05) is 13.8 Å². The number of halogens is 1. The van der Waals surface area contributed by atoms with E-state index in [2.05, 4.69) is 9.97 Å². The van der Waals surface area contributed by atoms with Crippen LogP contribution in [0.1, 0.15) is 35.6 Å². The molecule has 3 nitrogen and oxygen atoms in total. The lowest BCUT2D eigenvalue weighted by Gasteiger charge is -2.26. The van der Waals surface area contributed by atoms with E-state index in [0.29, 0.717) is 16.3 Å². The van der Waals surface area contributed by atoms with Gasteiger partial charge in [-0.3, -0.25) is 9.78 Å². The van der Waals surface area contributed by atoms with Crippen molar-refractivity contribution in [2.45, 2.75) is 26.7 Å². The van der Waals surface area contributed by atoms with Crippen LogP contribution in [0.5, 0.6) is 0 Å². The molecule has 0 saturated heterocycles. The van der Waals surface area contributed by atoms with E-state index >= 15 is 0 Å². The number of hydrogen-bond donors (Lipinski definition) is 0. The summed E-state index contributed by atoms with van der Waals surface area (Å²) in [6, 6.07) is 2.90. The lowest BCUT2D eigenvalue weighted by atomic mass is 9.78. The van der Waals surface area contributed by atoms with Crippen LogP contribution in [0.15, 0.2) is 18.3 Å². The van der Waals surface area contributed by atoms with Crippen LogP contribution in [0.2, 0.25) is 0 Å². The Bertz CT molecular complexity index is 663. The fourth-order valence-electron chi connectivity index (χ4n) is 2.36. The van der Waals surface area contributed by atoms with Crippen molar-refractivity contribution in [2.24, 2.45) is 5.41 Å². The number of Topliss-reactive ketones (excluding diaryl/α,β-unsaturated/α-hetero) is 1. The number of fused-ring (bicyclic) bond motifs is 1. The Hall–Kier alpha value is -1.62. The molecule has 1 aliphatic rings. The Morgan fingerprint density at radius 3 is 2.89 bits per heavy atom. The molecule has 0 aliphatic heterocycles. The van der Waals surface area contributed by atoms with Crippen molar-refractivity contribution >= 4 is 17.1 Å². The van der Waals surface area contributed by atoms with Crippen LogP contribution in [0.25, 0.3) is 10.7 Å². The Balaban J connectivity index is 2.09. The normalized spacial score (nSPS) is 17.3. The molecular formula is C14H13FN2OS. The van der Waals surface area contributed by atoms with Crippen molar-refractivity contribution in [3.8, 4) is 10.7 Å². The van der Waals surface area contributed by atoms with Gasteiger partial charge in [0.25, 0.3) is 0 Å². The molecule has 1 aliphatic carbocycles. The molecule has 0 saturated carbocycles. The molecule has 2 aromatic heterocycles. The zero-order valence-corrected chi connectivity index (χ0v) is 11.6. The van der Waals surface area contributed by atoms with Gasteiger partial charge in [0.1, 0.15) is 10.7 Å². The Morgan fingerprint density at radius 2 is 2.16 bits per heavy atom. The average Bonchev–Trinajstić information content (AvgIpc) is 2.71. The summed E-state index contributed by atoms with van der Waals surface area (Å²) in [6.07, 6.45) is 2.80. The van der Waals surface area contributed by atoms with Crippen LogP contribution in [0.3, 0.4) is 0 Å². The SMILES string of the molecule is CC1(C)CC(=O)c2sc(-c3ncccc3F)nc2C1. The highest BCUT2D eigenvalue weighted by Gasteiger charge is 2.34. The van der Waals surface area contributed by atoms with Gasteiger partial charge in [-0.15, -0.1) is 11.3 Å². The second-order valence-electron chi connectivity index (χ2n) is 5.57. The van der Waals surface area contributed by atoms with Gasteiger partial charge in [0, 0.05) is 12.6 Å². The molecule has 98 valence electrons. The van der Waals surface area contributed by atoms with Crippen LogP contribution in [-0.4, -0.2) is 15.8 Å². The summed E-state index contributed by atoms with van der Waals surface area (Å²) in [6.45, 7) is 4.10. The van der Waals surface area contributed by atoms with Crippen LogP contribution in [0, 0.1) is 11.2 Å². The summed E-state index contributed by atoms with van der Waals surface area (Å²) in [4.78, 5) is 21.2. The zero-order chi connectivity index (χ0) is 13.6. The van der Waals surface area contributed by atoms with Gasteiger partial charge < -0.3 is 0 Å². The Labute approximate surface area is 114 Å². The maximum absolute atomic E-state index is 13.7. The Kier molecular flexibility index (Phi) is 2.74. The third-order valence-corrected chi connectivity index (χ3v) is 4.34. The maximum atomic E-state index is 13.7. The van der Waals surface area contributed by atoms with Gasteiger partial charge in [-0.25, -0.2) is 9.37 Å². The highest BCUT2D eigenvalue weighted by atomic mass is 32.1. The molecular weight excluding hydrogens is 263 g/mol. The summed E-state index contributed by atoms with van der Waals surface area (Å²) in [5.74, 6) is -0.299. The largest absolute Gasteiger partial charge is 0.293 e. The van der Waals surface area contributed by atoms with Crippen LogP contribution >= 0.6 is 11.3 Å². The van der Waals surface area contributed by atoms with Crippen LogP contribution < -0.4 is 0 Å². The number of nitrogens with zero attached hydrogens (tertiary/aromatic N) is 2. The first kappa shape index (κ1) is 12.4. The predicted octanol–water partition coefficient (Wildman–Crippen LogP) is 3.50. The molecule has 0 radical (unpaired) electrons. The summed E-state index contributed by atoms with van der Waals surface area (Å²) in [5.41, 5.74) is 0.941. The highest BCUT2D eigenvalue weighted by molar-refractivity contribution is 7.17. The minimum Gasteiger partial charge on any atom is -0.293 e. The lowest BCUT2D eigenvalue weighted by molar-refractivity contribution is 0.0916. The summed E-state index contributed by atoms with van der Waals surface area (Å²) in [5, 5.41) is 0.495. The van der Waals surface area contributed by atoms with E-state index in [9.17, 15) is 9.18 Å². The van der Waals surface area contributed by atoms with Crippen molar-refractivity contribution in [1.29, 1.82) is 0 Å². The van der Waals surface area contributed by atoms with E-state index in [4.69, 9.17) is 0 Å². The number of carbonyl (C=O) groups is 1. The predicted molar refractivity (Wildman–Crippen MR) is 71.7 cm³/mol. The molecule has 0 spiro atoms. The molecule has 19 heavy (non-hydrogen) atoms. The smallest absolute Gasteiger partial charge is 0.175 e. The highest BCUT2D eigenvalue weighted by Crippen LogP contribution is 2.39. The van der Waals surface area contributed by atoms with E-state index in [1.807, 2.05) is 13.8 Å². The van der Waals surface area contributed by atoms with Crippen molar-refractivity contribution in [1.82, 2.24) is 9.97 Å². The van der Waals surface area contributed by atoms with E-state index in [-0.39, 0.29) is 16.9 Å². The van der Waals surface area contributed by atoms with Crippen LogP contribution in [-0.2, 0) is 6.42 Å². The first-order chi connectivity index (χ1) is 8.96. The number of rotatable bonds is 1. The number of carbonyl (C=O) groups excluding carboxylic acids is 1. The topological polar surface area (TPSA) is 42.9 Å². The van der Waals surface area contributed by atoms with Gasteiger partial charge in [-0.2, -0.15) is 0 Å². The molecule has 2 heterocycles. The zero-order valence-electron chi connectivity index (χ0n) is 10.7. The van der Waals surface area contributed by atoms with E-state index in [1.165, 1.54) is 23.6 Å². The lowest BCUT2D eigenvalue weighted by Crippen LogP contribution is -2.25. The molecule has 0 amide bonds. The van der Waals surface area contributed by atoms with Gasteiger partial charge in [0.2, 0.25) is 0 Å². The van der Waals surface area contributed by atoms with E-state index < -0.39 is 5.82 Å². The van der Waals surface area contributed by atoms with E-state index in [0.717, 1.165) is 12.1 Å². The summed E-state index contributed by atoms with van der Waals surface area (Å²) in [7, 11) is 0. The fraction of sp³-hybridized carbons (Fsp3) is 0.357. The average molecular weight is 276 g/mol. The minimum absolute atomic E-state index is 0.0713. The van der Waals surface area contributed by atoms with Gasteiger partial charge >= 0.3 is 0 Å². The molecule has 0 atom stereocenters. The molecule has 5 heteroatoms. The number of pyridine rings is 1. The molecule has 0 aromatic carbocycles. The third-order valence-electron chi connectivity index (χ3n) is 3.20. The Morgan fingerprint density at radius 1 is 1.37 bits per heavy atom. The molecule has 0 fully saturated rings. The number of aromatic nitrogens is 2. The second kappa shape index (κ2) is 4.20. The van der Waals surface area contributed by atoms with Crippen LogP contribution in [0.4, 0.5) is 4.39 Å². The molecule has 0 unspecified atom stereocenters. The number of thiazole rings is 1. The van der Waals surface area contributed by atoms with Crippen molar-refractivity contribution in [3.63, 3.8) is 0 Å². The first-order valence-corrected chi connectivity index (χ1v) is 6.92. The number of hydrogen-bond acceptors (Lipinski definition) is 4. The standard InChI is InChI=1S/C14H13FN2OS/c1-14(2)6-9-12(10(18)7-14)19-13(17-9)11-8(15)4-3-5-16-11/h3-5H,6-7H2,1-2H3. The van der Waals surface area contributed by atoms with Crippen molar-refractivity contribution in [2.75, 3.05) is 0 Å². The number of ketones is 1. The molecule has 3 rings (SSSR count). The quantitative estimate of drug-likeness (QED) is 0.800. The van der Waals surface area contributed by atoms with Gasteiger partial charge in [-0.05, 0) is 24.0 Å². The summed E-state index contributed by atoms with van der Waals surface area (Å²) < 4.78 is 13.7. The van der Waals surface area contributed by atoms with Gasteiger partial charge in [0.05, 0.1) is 10.6 Å². The molecule has 0 N–H and O–H groups in total. The third kappa shape index (κ3) is 2.18. The minimum atomic E-state index is -0.402.